The number of benzene rings is 1. The molecule has 0 spiro atoms. The van der Waals surface area contributed by atoms with Gasteiger partial charge in [0.25, 0.3) is 0 Å². The van der Waals surface area contributed by atoms with Gasteiger partial charge in [-0.05, 0) is 25.5 Å². The van der Waals surface area contributed by atoms with Crippen molar-refractivity contribution in [3.63, 3.8) is 0 Å². The quantitative estimate of drug-likeness (QED) is 0.804. The van der Waals surface area contributed by atoms with E-state index < -0.39 is 0 Å². The van der Waals surface area contributed by atoms with Crippen LogP contribution >= 0.6 is 12.4 Å². The van der Waals surface area contributed by atoms with Crippen LogP contribution in [0.5, 0.6) is 0 Å². The zero-order chi connectivity index (χ0) is 13.9. The third-order valence-corrected chi connectivity index (χ3v) is 3.85. The number of nitrogens with zero attached hydrogens (tertiary/aromatic N) is 2. The van der Waals surface area contributed by atoms with E-state index in [1.165, 1.54) is 12.0 Å². The van der Waals surface area contributed by atoms with Crippen LogP contribution < -0.4 is 0 Å². The maximum atomic E-state index is 11.4. The van der Waals surface area contributed by atoms with Crippen LogP contribution in [0.3, 0.4) is 0 Å². The van der Waals surface area contributed by atoms with Gasteiger partial charge in [0.05, 0.1) is 0 Å². The van der Waals surface area contributed by atoms with Crippen LogP contribution in [-0.2, 0) is 15.2 Å². The SMILES string of the molecule is CC(=O)N(C)OC1(c2ccccc2)CCN(C)CC1.Cl. The molecule has 0 radical (unpaired) electrons. The highest BCUT2D eigenvalue weighted by molar-refractivity contribution is 5.85. The van der Waals surface area contributed by atoms with Gasteiger partial charge < -0.3 is 4.90 Å². The van der Waals surface area contributed by atoms with E-state index in [0.29, 0.717) is 0 Å². The van der Waals surface area contributed by atoms with Crippen LogP contribution in [0.15, 0.2) is 30.3 Å². The van der Waals surface area contributed by atoms with Gasteiger partial charge in [0.15, 0.2) is 0 Å². The summed E-state index contributed by atoms with van der Waals surface area (Å²) in [5.41, 5.74) is 0.768. The molecule has 1 amide bonds. The van der Waals surface area contributed by atoms with Crippen molar-refractivity contribution in [3.8, 4) is 0 Å². The number of piperidine rings is 1. The van der Waals surface area contributed by atoms with Crippen molar-refractivity contribution in [2.24, 2.45) is 0 Å². The molecule has 0 aromatic heterocycles. The highest BCUT2D eigenvalue weighted by atomic mass is 35.5. The van der Waals surface area contributed by atoms with Gasteiger partial charge in [0.1, 0.15) is 5.60 Å². The van der Waals surface area contributed by atoms with E-state index in [1.54, 1.807) is 7.05 Å². The summed E-state index contributed by atoms with van der Waals surface area (Å²) >= 11 is 0. The molecule has 0 unspecified atom stereocenters. The highest BCUT2D eigenvalue weighted by Crippen LogP contribution is 2.37. The predicted octanol–water partition coefficient (Wildman–Crippen LogP) is 2.44. The Bertz CT molecular complexity index is 431. The summed E-state index contributed by atoms with van der Waals surface area (Å²) in [6.07, 6.45) is 1.79. The third kappa shape index (κ3) is 3.72. The molecule has 0 saturated carbocycles. The van der Waals surface area contributed by atoms with E-state index in [9.17, 15) is 4.79 Å². The normalized spacial score (nSPS) is 18.1. The van der Waals surface area contributed by atoms with E-state index in [2.05, 4.69) is 24.1 Å². The van der Waals surface area contributed by atoms with Crippen LogP contribution in [0.2, 0.25) is 0 Å². The highest BCUT2D eigenvalue weighted by Gasteiger charge is 2.38. The maximum Gasteiger partial charge on any atom is 0.242 e. The van der Waals surface area contributed by atoms with Gasteiger partial charge in [0, 0.05) is 27.1 Å². The van der Waals surface area contributed by atoms with Crippen LogP contribution in [0, 0.1) is 0 Å². The summed E-state index contributed by atoms with van der Waals surface area (Å²) < 4.78 is 0. The number of carbonyl (C=O) groups is 1. The van der Waals surface area contributed by atoms with Crippen LogP contribution in [0.25, 0.3) is 0 Å². The first kappa shape index (κ1) is 17.0. The van der Waals surface area contributed by atoms with Crippen LogP contribution in [0.4, 0.5) is 0 Å². The number of carbonyl (C=O) groups excluding carboxylic acids is 1. The Balaban J connectivity index is 0.00000200. The van der Waals surface area contributed by atoms with E-state index in [4.69, 9.17) is 4.84 Å². The summed E-state index contributed by atoms with van der Waals surface area (Å²) in [5.74, 6) is -0.0748. The molecule has 0 atom stereocenters. The van der Waals surface area contributed by atoms with Gasteiger partial charge in [-0.25, -0.2) is 5.06 Å². The van der Waals surface area contributed by atoms with Crippen molar-refractivity contribution in [1.82, 2.24) is 9.96 Å². The summed E-state index contributed by atoms with van der Waals surface area (Å²) in [6.45, 7) is 3.47. The molecule has 1 aromatic rings. The van der Waals surface area contributed by atoms with Crippen molar-refractivity contribution in [2.45, 2.75) is 25.4 Å². The number of hydrogen-bond donors (Lipinski definition) is 0. The number of halogens is 1. The second-order valence-electron chi connectivity index (χ2n) is 5.27. The van der Waals surface area contributed by atoms with E-state index in [0.717, 1.165) is 31.5 Å². The fraction of sp³-hybridized carbons (Fsp3) is 0.533. The maximum absolute atomic E-state index is 11.4. The zero-order valence-electron chi connectivity index (χ0n) is 12.3. The Kier molecular flexibility index (Phi) is 5.99. The Labute approximate surface area is 127 Å². The Morgan fingerprint density at radius 2 is 1.80 bits per heavy atom. The Morgan fingerprint density at radius 1 is 1.25 bits per heavy atom. The lowest BCUT2D eigenvalue weighted by molar-refractivity contribution is -0.245. The fourth-order valence-electron chi connectivity index (χ4n) is 2.48. The first-order chi connectivity index (χ1) is 9.03. The lowest BCUT2D eigenvalue weighted by Crippen LogP contribution is -2.46. The van der Waals surface area contributed by atoms with Crippen LogP contribution in [0.1, 0.15) is 25.3 Å². The molecule has 0 aliphatic carbocycles. The standard InChI is InChI=1S/C15H22N2O2.ClH/c1-13(18)17(3)19-15(9-11-16(2)12-10-15)14-7-5-4-6-8-14;/h4-8H,9-12H2,1-3H3;1H. The molecule has 1 saturated heterocycles. The third-order valence-electron chi connectivity index (χ3n) is 3.85. The van der Waals surface area contributed by atoms with Crippen molar-refractivity contribution in [3.05, 3.63) is 35.9 Å². The zero-order valence-corrected chi connectivity index (χ0v) is 13.2. The van der Waals surface area contributed by atoms with E-state index >= 15 is 0 Å². The minimum absolute atomic E-state index is 0. The van der Waals surface area contributed by atoms with Gasteiger partial charge >= 0.3 is 0 Å². The molecule has 1 heterocycles. The molecule has 1 aromatic carbocycles. The monoisotopic (exact) mass is 298 g/mol. The van der Waals surface area contributed by atoms with E-state index in [-0.39, 0.29) is 23.9 Å². The first-order valence-corrected chi connectivity index (χ1v) is 6.71. The molecule has 112 valence electrons. The van der Waals surface area contributed by atoms with Gasteiger partial charge in [-0.15, -0.1) is 12.4 Å². The van der Waals surface area contributed by atoms with E-state index in [1.807, 2.05) is 18.2 Å². The number of amides is 1. The number of hydroxylamine groups is 2. The summed E-state index contributed by atoms with van der Waals surface area (Å²) in [7, 11) is 3.80. The molecule has 0 N–H and O–H groups in total. The number of likely N-dealkylation sites (tertiary alicyclic amines) is 1. The summed E-state index contributed by atoms with van der Waals surface area (Å²) in [5, 5.41) is 1.36. The molecule has 2 rings (SSSR count). The lowest BCUT2D eigenvalue weighted by Gasteiger charge is -2.42. The summed E-state index contributed by atoms with van der Waals surface area (Å²) in [6, 6.07) is 10.2. The van der Waals surface area contributed by atoms with Crippen molar-refractivity contribution in [1.29, 1.82) is 0 Å². The van der Waals surface area contributed by atoms with Crippen LogP contribution in [-0.4, -0.2) is 43.1 Å². The molecule has 20 heavy (non-hydrogen) atoms. The molecule has 1 aliphatic rings. The van der Waals surface area contributed by atoms with Gasteiger partial charge in [0.2, 0.25) is 5.91 Å². The summed E-state index contributed by atoms with van der Waals surface area (Å²) in [4.78, 5) is 19.8. The Hall–Kier alpha value is -1.10. The van der Waals surface area contributed by atoms with Crippen molar-refractivity contribution >= 4 is 18.3 Å². The molecular weight excluding hydrogens is 276 g/mol. The molecule has 5 heteroatoms. The average molecular weight is 299 g/mol. The number of rotatable bonds is 3. The predicted molar refractivity (Wildman–Crippen MR) is 81.6 cm³/mol. The fourth-order valence-corrected chi connectivity index (χ4v) is 2.48. The number of hydrogen-bond acceptors (Lipinski definition) is 3. The minimum Gasteiger partial charge on any atom is -0.306 e. The minimum atomic E-state index is -0.381. The molecular formula is C15H23ClN2O2. The smallest absolute Gasteiger partial charge is 0.242 e. The lowest BCUT2D eigenvalue weighted by atomic mass is 9.84. The topological polar surface area (TPSA) is 32.8 Å². The first-order valence-electron chi connectivity index (χ1n) is 6.71. The van der Waals surface area contributed by atoms with Crippen molar-refractivity contribution < 1.29 is 9.63 Å². The molecule has 0 bridgehead atoms. The Morgan fingerprint density at radius 3 is 2.30 bits per heavy atom. The van der Waals surface area contributed by atoms with Gasteiger partial charge in [-0.3, -0.25) is 9.63 Å². The largest absolute Gasteiger partial charge is 0.306 e. The van der Waals surface area contributed by atoms with Crippen molar-refractivity contribution in [2.75, 3.05) is 27.2 Å². The van der Waals surface area contributed by atoms with Gasteiger partial charge in [-0.2, -0.15) is 0 Å². The molecule has 1 fully saturated rings. The second-order valence-corrected chi connectivity index (χ2v) is 5.27. The van der Waals surface area contributed by atoms with Gasteiger partial charge in [-0.1, -0.05) is 30.3 Å². The molecule has 4 nitrogen and oxygen atoms in total. The molecule has 1 aliphatic heterocycles. The second kappa shape index (κ2) is 7.07. The average Bonchev–Trinajstić information content (AvgIpc) is 2.42.